The van der Waals surface area contributed by atoms with Crippen LogP contribution < -0.4 is 10.6 Å². The number of β-amino-alcohol motifs (C(OH)–C–C–N with tert-alkyl or cyclic N) is 2. The molecule has 1 fully saturated rings. The second-order valence-electron chi connectivity index (χ2n) is 4.66. The van der Waals surface area contributed by atoms with E-state index in [1.165, 1.54) is 12.1 Å². The maximum atomic E-state index is 12.0. The lowest BCUT2D eigenvalue weighted by atomic mass is 10.1. The maximum Gasteiger partial charge on any atom is 0.340 e. The summed E-state index contributed by atoms with van der Waals surface area (Å²) in [5.74, 6) is -0.535. The van der Waals surface area contributed by atoms with Gasteiger partial charge in [0.2, 0.25) is 0 Å². The van der Waals surface area contributed by atoms with Crippen LogP contribution in [0.5, 0.6) is 0 Å². The van der Waals surface area contributed by atoms with Crippen LogP contribution >= 0.6 is 11.6 Å². The van der Waals surface area contributed by atoms with E-state index in [4.69, 9.17) is 22.1 Å². The molecule has 110 valence electrons. The molecule has 0 aromatic heterocycles. The van der Waals surface area contributed by atoms with Crippen molar-refractivity contribution < 1.29 is 19.7 Å². The molecule has 0 bridgehead atoms. The van der Waals surface area contributed by atoms with Gasteiger partial charge in [-0.15, -0.1) is 0 Å². The van der Waals surface area contributed by atoms with E-state index in [0.29, 0.717) is 11.4 Å². The zero-order chi connectivity index (χ0) is 14.9. The van der Waals surface area contributed by atoms with E-state index in [9.17, 15) is 15.0 Å². The van der Waals surface area contributed by atoms with Gasteiger partial charge in [0.1, 0.15) is 0 Å². The zero-order valence-corrected chi connectivity index (χ0v) is 11.8. The summed E-state index contributed by atoms with van der Waals surface area (Å²) in [5, 5.41) is 19.6. The van der Waals surface area contributed by atoms with Gasteiger partial charge in [0, 0.05) is 18.8 Å². The van der Waals surface area contributed by atoms with E-state index in [2.05, 4.69) is 0 Å². The summed E-state index contributed by atoms with van der Waals surface area (Å²) in [6.45, 7) is 2.32. The minimum Gasteiger partial charge on any atom is -0.462 e. The fourth-order valence-electron chi connectivity index (χ4n) is 2.26. The number of rotatable bonds is 3. The number of nitrogens with two attached hydrogens (primary N) is 1. The van der Waals surface area contributed by atoms with Gasteiger partial charge in [-0.25, -0.2) is 4.79 Å². The first-order chi connectivity index (χ1) is 9.43. The topological polar surface area (TPSA) is 96.0 Å². The number of ether oxygens (including phenoxy) is 1. The number of aliphatic hydroxyl groups is 2. The summed E-state index contributed by atoms with van der Waals surface area (Å²) in [6.07, 6.45) is -1.75. The van der Waals surface area contributed by atoms with Crippen molar-refractivity contribution in [2.24, 2.45) is 0 Å². The first-order valence-electron chi connectivity index (χ1n) is 6.31. The monoisotopic (exact) mass is 300 g/mol. The van der Waals surface area contributed by atoms with Gasteiger partial charge in [-0.1, -0.05) is 11.6 Å². The largest absolute Gasteiger partial charge is 0.462 e. The number of halogens is 1. The standard InChI is InChI=1S/C13H17ClN2O4/c1-2-20-13(19)8-3-7(15)4-9(14)12(8)16-5-10(17)11(18)6-16/h3-4,10-11,17-18H,2,5-6,15H2,1H3. The predicted molar refractivity (Wildman–Crippen MR) is 76.0 cm³/mol. The molecular weight excluding hydrogens is 284 g/mol. The molecule has 0 aliphatic carbocycles. The molecule has 1 saturated heterocycles. The van der Waals surface area contributed by atoms with Gasteiger partial charge in [0.25, 0.3) is 0 Å². The van der Waals surface area contributed by atoms with Crippen molar-refractivity contribution in [3.8, 4) is 0 Å². The summed E-state index contributed by atoms with van der Waals surface area (Å²) >= 11 is 6.16. The molecule has 0 radical (unpaired) electrons. The minimum atomic E-state index is -0.876. The van der Waals surface area contributed by atoms with Crippen LogP contribution in [0.15, 0.2) is 12.1 Å². The minimum absolute atomic E-state index is 0.192. The van der Waals surface area contributed by atoms with Crippen LogP contribution in [0.25, 0.3) is 0 Å². The molecule has 0 saturated carbocycles. The third kappa shape index (κ3) is 2.82. The number of anilines is 2. The summed E-state index contributed by atoms with van der Waals surface area (Å²) < 4.78 is 4.99. The van der Waals surface area contributed by atoms with Crippen molar-refractivity contribution in [3.05, 3.63) is 22.7 Å². The van der Waals surface area contributed by atoms with E-state index in [-0.39, 0.29) is 30.3 Å². The molecule has 0 spiro atoms. The van der Waals surface area contributed by atoms with Crippen molar-refractivity contribution in [3.63, 3.8) is 0 Å². The van der Waals surface area contributed by atoms with Gasteiger partial charge in [-0.2, -0.15) is 0 Å². The Bertz CT molecular complexity index is 513. The molecule has 20 heavy (non-hydrogen) atoms. The van der Waals surface area contributed by atoms with Gasteiger partial charge in [-0.3, -0.25) is 0 Å². The van der Waals surface area contributed by atoms with Gasteiger partial charge in [0.05, 0.1) is 35.1 Å². The highest BCUT2D eigenvalue weighted by atomic mass is 35.5. The van der Waals surface area contributed by atoms with Crippen molar-refractivity contribution in [2.45, 2.75) is 19.1 Å². The van der Waals surface area contributed by atoms with Gasteiger partial charge >= 0.3 is 5.97 Å². The lowest BCUT2D eigenvalue weighted by molar-refractivity contribution is 0.0527. The fraction of sp³-hybridized carbons (Fsp3) is 0.462. The molecule has 1 aromatic rings. The molecule has 1 aliphatic heterocycles. The number of carbonyl (C=O) groups is 1. The highest BCUT2D eigenvalue weighted by Gasteiger charge is 2.33. The SMILES string of the molecule is CCOC(=O)c1cc(N)cc(Cl)c1N1CC(O)C(O)C1. The van der Waals surface area contributed by atoms with Crippen molar-refractivity contribution in [1.29, 1.82) is 0 Å². The summed E-state index contributed by atoms with van der Waals surface area (Å²) in [6, 6.07) is 3.01. The lowest BCUT2D eigenvalue weighted by Gasteiger charge is -2.22. The molecule has 2 rings (SSSR count). The number of nitrogens with zero attached hydrogens (tertiary/aromatic N) is 1. The molecule has 1 aromatic carbocycles. The first-order valence-corrected chi connectivity index (χ1v) is 6.69. The number of esters is 1. The Morgan fingerprint density at radius 2 is 2.05 bits per heavy atom. The zero-order valence-electron chi connectivity index (χ0n) is 11.0. The first kappa shape index (κ1) is 14.9. The van der Waals surface area contributed by atoms with Crippen LogP contribution in [0.3, 0.4) is 0 Å². The van der Waals surface area contributed by atoms with Crippen LogP contribution in [-0.2, 0) is 4.74 Å². The number of benzene rings is 1. The van der Waals surface area contributed by atoms with E-state index in [0.717, 1.165) is 0 Å². The van der Waals surface area contributed by atoms with Crippen molar-refractivity contribution in [1.82, 2.24) is 0 Å². The van der Waals surface area contributed by atoms with Crippen molar-refractivity contribution in [2.75, 3.05) is 30.3 Å². The normalized spacial score (nSPS) is 22.1. The Labute approximate surface area is 121 Å². The Morgan fingerprint density at radius 1 is 1.45 bits per heavy atom. The second-order valence-corrected chi connectivity index (χ2v) is 5.07. The molecule has 1 heterocycles. The molecule has 7 heteroatoms. The van der Waals surface area contributed by atoms with Gasteiger partial charge in [0.15, 0.2) is 0 Å². The van der Waals surface area contributed by atoms with E-state index in [1.54, 1.807) is 11.8 Å². The Morgan fingerprint density at radius 3 is 2.60 bits per heavy atom. The highest BCUT2D eigenvalue weighted by molar-refractivity contribution is 6.34. The van der Waals surface area contributed by atoms with Crippen LogP contribution in [0.2, 0.25) is 5.02 Å². The number of carbonyl (C=O) groups excluding carboxylic acids is 1. The third-order valence-corrected chi connectivity index (χ3v) is 3.44. The molecule has 2 atom stereocenters. The quantitative estimate of drug-likeness (QED) is 0.560. The number of aliphatic hydroxyl groups excluding tert-OH is 2. The van der Waals surface area contributed by atoms with Crippen molar-refractivity contribution >= 4 is 28.9 Å². The average Bonchev–Trinajstić information content (AvgIpc) is 2.68. The molecule has 6 nitrogen and oxygen atoms in total. The third-order valence-electron chi connectivity index (χ3n) is 3.16. The van der Waals surface area contributed by atoms with Crippen LogP contribution in [0.1, 0.15) is 17.3 Å². The van der Waals surface area contributed by atoms with E-state index < -0.39 is 18.2 Å². The maximum absolute atomic E-state index is 12.0. The van der Waals surface area contributed by atoms with Gasteiger partial charge < -0.3 is 25.6 Å². The highest BCUT2D eigenvalue weighted by Crippen LogP contribution is 2.35. The Kier molecular flexibility index (Phi) is 4.37. The molecule has 4 N–H and O–H groups in total. The Hall–Kier alpha value is -1.50. The summed E-state index contributed by atoms with van der Waals surface area (Å²) in [5.41, 5.74) is 6.72. The molecule has 1 aliphatic rings. The fourth-order valence-corrected chi connectivity index (χ4v) is 2.61. The Balaban J connectivity index is 2.43. The number of nitrogen functional groups attached to an aromatic ring is 1. The molecule has 0 amide bonds. The van der Waals surface area contributed by atoms with Crippen LogP contribution in [0.4, 0.5) is 11.4 Å². The van der Waals surface area contributed by atoms with Crippen LogP contribution in [0, 0.1) is 0 Å². The summed E-state index contributed by atoms with van der Waals surface area (Å²) in [7, 11) is 0. The molecule has 2 unspecified atom stereocenters. The smallest absolute Gasteiger partial charge is 0.340 e. The van der Waals surface area contributed by atoms with E-state index in [1.807, 2.05) is 0 Å². The number of hydrogen-bond acceptors (Lipinski definition) is 6. The predicted octanol–water partition coefficient (Wildman–Crippen LogP) is 0.641. The average molecular weight is 301 g/mol. The second kappa shape index (κ2) is 5.87. The lowest BCUT2D eigenvalue weighted by Crippen LogP contribution is -2.24. The number of hydrogen-bond donors (Lipinski definition) is 3. The summed E-state index contributed by atoms with van der Waals surface area (Å²) in [4.78, 5) is 13.7. The van der Waals surface area contributed by atoms with Gasteiger partial charge in [-0.05, 0) is 19.1 Å². The van der Waals surface area contributed by atoms with Crippen LogP contribution in [-0.4, -0.2) is 48.1 Å². The molecular formula is C13H17ClN2O4. The van der Waals surface area contributed by atoms with E-state index >= 15 is 0 Å².